The summed E-state index contributed by atoms with van der Waals surface area (Å²) in [7, 11) is 0. The molecule has 1 aromatic heterocycles. The van der Waals surface area contributed by atoms with E-state index in [2.05, 4.69) is 27.4 Å². The predicted octanol–water partition coefficient (Wildman–Crippen LogP) is 1.30. The van der Waals surface area contributed by atoms with Crippen molar-refractivity contribution < 1.29 is 4.79 Å². The number of hydrogen-bond acceptors (Lipinski definition) is 4. The molecule has 0 aliphatic carbocycles. The first-order valence-corrected chi connectivity index (χ1v) is 8.07. The average Bonchev–Trinajstić information content (AvgIpc) is 2.97. The number of aryl methyl sites for hydroxylation is 1. The lowest BCUT2D eigenvalue weighted by Gasteiger charge is -2.32. The molecule has 1 fully saturated rings. The number of imidazole rings is 1. The number of amides is 1. The summed E-state index contributed by atoms with van der Waals surface area (Å²) < 4.78 is 2.02. The molecule has 6 heteroatoms. The van der Waals surface area contributed by atoms with Crippen LogP contribution in [-0.2, 0) is 6.54 Å². The van der Waals surface area contributed by atoms with Crippen LogP contribution >= 0.6 is 0 Å². The number of nitrogens with zero attached hydrogens (tertiary/aromatic N) is 3. The maximum Gasteiger partial charge on any atom is 0.271 e. The molecule has 6 nitrogen and oxygen atoms in total. The highest BCUT2D eigenvalue weighted by Crippen LogP contribution is 2.14. The number of aromatic nitrogens is 2. The van der Waals surface area contributed by atoms with E-state index in [-0.39, 0.29) is 5.91 Å². The third kappa shape index (κ3) is 3.37. The van der Waals surface area contributed by atoms with Gasteiger partial charge in [0.05, 0.1) is 0 Å². The van der Waals surface area contributed by atoms with E-state index in [1.54, 1.807) is 0 Å². The van der Waals surface area contributed by atoms with Crippen LogP contribution in [0.5, 0.6) is 0 Å². The summed E-state index contributed by atoms with van der Waals surface area (Å²) in [5.41, 5.74) is 0.519. The zero-order valence-corrected chi connectivity index (χ0v) is 12.8. The fourth-order valence-corrected chi connectivity index (χ4v) is 3.11. The zero-order chi connectivity index (χ0) is 14.7. The topological polar surface area (TPSA) is 62.2 Å². The van der Waals surface area contributed by atoms with E-state index in [1.807, 2.05) is 10.8 Å². The van der Waals surface area contributed by atoms with Gasteiger partial charge in [-0.3, -0.25) is 9.69 Å². The Morgan fingerprint density at radius 3 is 2.90 bits per heavy atom. The number of rotatable bonds is 4. The van der Waals surface area contributed by atoms with Gasteiger partial charge in [-0.05, 0) is 39.3 Å². The molecule has 0 aromatic carbocycles. The number of fused-ring (bicyclic) bond motifs is 1. The summed E-state index contributed by atoms with van der Waals surface area (Å²) in [5, 5.41) is 6.24. The molecule has 0 bridgehead atoms. The van der Waals surface area contributed by atoms with Crippen LogP contribution in [0.4, 0.5) is 5.95 Å². The highest BCUT2D eigenvalue weighted by atomic mass is 16.1. The molecule has 0 saturated carbocycles. The van der Waals surface area contributed by atoms with Crippen LogP contribution in [0, 0.1) is 0 Å². The number of piperidine rings is 1. The molecule has 3 heterocycles. The molecule has 2 N–H and O–H groups in total. The second-order valence-electron chi connectivity index (χ2n) is 6.08. The molecule has 2 aliphatic heterocycles. The third-order valence-corrected chi connectivity index (χ3v) is 4.44. The van der Waals surface area contributed by atoms with Gasteiger partial charge in [-0.2, -0.15) is 0 Å². The van der Waals surface area contributed by atoms with E-state index in [4.69, 9.17) is 0 Å². The molecular weight excluding hydrogens is 266 g/mol. The van der Waals surface area contributed by atoms with Gasteiger partial charge in [-0.15, -0.1) is 0 Å². The van der Waals surface area contributed by atoms with E-state index < -0.39 is 0 Å². The van der Waals surface area contributed by atoms with Crippen LogP contribution < -0.4 is 10.6 Å². The molecule has 116 valence electrons. The summed E-state index contributed by atoms with van der Waals surface area (Å²) >= 11 is 0. The second kappa shape index (κ2) is 6.47. The molecular formula is C15H25N5O. The Labute approximate surface area is 125 Å². The maximum absolute atomic E-state index is 12.2. The maximum atomic E-state index is 12.2. The Morgan fingerprint density at radius 2 is 2.14 bits per heavy atom. The van der Waals surface area contributed by atoms with Crippen molar-refractivity contribution in [3.63, 3.8) is 0 Å². The van der Waals surface area contributed by atoms with Crippen molar-refractivity contribution in [2.45, 2.75) is 45.2 Å². The lowest BCUT2D eigenvalue weighted by atomic mass is 10.1. The van der Waals surface area contributed by atoms with Gasteiger partial charge < -0.3 is 15.2 Å². The normalized spacial score (nSPS) is 20.4. The molecule has 1 aromatic rings. The lowest BCUT2D eigenvalue weighted by molar-refractivity contribution is 0.0925. The molecule has 1 unspecified atom stereocenters. The van der Waals surface area contributed by atoms with Gasteiger partial charge in [0.1, 0.15) is 5.69 Å². The summed E-state index contributed by atoms with van der Waals surface area (Å²) in [5.74, 6) is 0.748. The van der Waals surface area contributed by atoms with Crippen LogP contribution in [-0.4, -0.2) is 52.6 Å². The smallest absolute Gasteiger partial charge is 0.271 e. The lowest BCUT2D eigenvalue weighted by Crippen LogP contribution is -2.44. The van der Waals surface area contributed by atoms with Crippen molar-refractivity contribution >= 4 is 11.9 Å². The molecule has 21 heavy (non-hydrogen) atoms. The van der Waals surface area contributed by atoms with Crippen molar-refractivity contribution in [3.05, 3.63) is 11.9 Å². The highest BCUT2D eigenvalue weighted by Gasteiger charge is 2.19. The van der Waals surface area contributed by atoms with Gasteiger partial charge in [-0.1, -0.05) is 6.42 Å². The summed E-state index contributed by atoms with van der Waals surface area (Å²) in [6.45, 7) is 7.05. The number of anilines is 1. The quantitative estimate of drug-likeness (QED) is 0.878. The first kappa shape index (κ1) is 14.4. The highest BCUT2D eigenvalue weighted by molar-refractivity contribution is 5.92. The second-order valence-corrected chi connectivity index (χ2v) is 6.08. The van der Waals surface area contributed by atoms with Crippen LogP contribution in [0.15, 0.2) is 6.20 Å². The van der Waals surface area contributed by atoms with E-state index in [9.17, 15) is 4.79 Å². The molecule has 0 radical (unpaired) electrons. The van der Waals surface area contributed by atoms with Gasteiger partial charge in [0.2, 0.25) is 5.95 Å². The largest absolute Gasteiger partial charge is 0.356 e. The minimum absolute atomic E-state index is 0.0671. The standard InChI is InChI=1S/C15H25N5O/c1-12(19-7-3-2-4-8-19)10-17-14(21)13-11-20-9-5-6-16-15(20)18-13/h11-12H,2-10H2,1H3,(H,16,18)(H,17,21). The molecule has 3 rings (SSSR count). The number of carbonyl (C=O) groups is 1. The van der Waals surface area contributed by atoms with E-state index >= 15 is 0 Å². The number of nitrogens with one attached hydrogen (secondary N) is 2. The Morgan fingerprint density at radius 1 is 1.33 bits per heavy atom. The minimum Gasteiger partial charge on any atom is -0.356 e. The summed E-state index contributed by atoms with van der Waals surface area (Å²) in [4.78, 5) is 19.0. The van der Waals surface area contributed by atoms with E-state index in [1.165, 1.54) is 19.3 Å². The molecule has 1 saturated heterocycles. The Balaban J connectivity index is 1.52. The Bertz CT molecular complexity index is 469. The van der Waals surface area contributed by atoms with Gasteiger partial charge in [0.25, 0.3) is 5.91 Å². The molecule has 0 spiro atoms. The molecule has 1 atom stereocenters. The first-order valence-electron chi connectivity index (χ1n) is 8.07. The number of hydrogen-bond donors (Lipinski definition) is 2. The zero-order valence-electron chi connectivity index (χ0n) is 12.8. The minimum atomic E-state index is -0.0671. The summed E-state index contributed by atoms with van der Waals surface area (Å²) in [6, 6.07) is 0.393. The van der Waals surface area contributed by atoms with Crippen molar-refractivity contribution in [2.24, 2.45) is 0 Å². The van der Waals surface area contributed by atoms with Crippen molar-refractivity contribution in [1.29, 1.82) is 0 Å². The molecule has 2 aliphatic rings. The van der Waals surface area contributed by atoms with Crippen molar-refractivity contribution in [2.75, 3.05) is 31.5 Å². The predicted molar refractivity (Wildman–Crippen MR) is 82.6 cm³/mol. The van der Waals surface area contributed by atoms with Crippen LogP contribution in [0.2, 0.25) is 0 Å². The van der Waals surface area contributed by atoms with Crippen LogP contribution in [0.25, 0.3) is 0 Å². The summed E-state index contributed by atoms with van der Waals surface area (Å²) in [6.07, 6.45) is 6.82. The van der Waals surface area contributed by atoms with Crippen LogP contribution in [0.1, 0.15) is 43.1 Å². The van der Waals surface area contributed by atoms with Gasteiger partial charge in [-0.25, -0.2) is 4.98 Å². The Hall–Kier alpha value is -1.56. The first-order chi connectivity index (χ1) is 10.2. The SMILES string of the molecule is CC(CNC(=O)c1cn2c(n1)NCCC2)N1CCCCC1. The van der Waals surface area contributed by atoms with Crippen molar-refractivity contribution in [1.82, 2.24) is 19.8 Å². The molecule has 1 amide bonds. The Kier molecular flexibility index (Phi) is 4.43. The van der Waals surface area contributed by atoms with Crippen LogP contribution in [0.3, 0.4) is 0 Å². The fourth-order valence-electron chi connectivity index (χ4n) is 3.11. The van der Waals surface area contributed by atoms with Gasteiger partial charge in [0.15, 0.2) is 0 Å². The number of likely N-dealkylation sites (tertiary alicyclic amines) is 1. The van der Waals surface area contributed by atoms with Gasteiger partial charge >= 0.3 is 0 Å². The van der Waals surface area contributed by atoms with E-state index in [0.29, 0.717) is 18.3 Å². The third-order valence-electron chi connectivity index (χ3n) is 4.44. The monoisotopic (exact) mass is 291 g/mol. The van der Waals surface area contributed by atoms with E-state index in [0.717, 1.165) is 38.5 Å². The number of carbonyl (C=O) groups excluding carboxylic acids is 1. The average molecular weight is 291 g/mol. The van der Waals surface area contributed by atoms with Crippen molar-refractivity contribution in [3.8, 4) is 0 Å². The fraction of sp³-hybridized carbons (Fsp3) is 0.733. The van der Waals surface area contributed by atoms with Gasteiger partial charge in [0, 0.05) is 31.9 Å².